The molecule has 0 saturated heterocycles. The Hall–Kier alpha value is -1.50. The van der Waals surface area contributed by atoms with E-state index in [2.05, 4.69) is 5.92 Å². The fraction of sp³-hybridized carbons (Fsp3) is 0.636. The van der Waals surface area contributed by atoms with Crippen LogP contribution in [-0.2, 0) is 14.3 Å². The number of hydrogen-bond donors (Lipinski definition) is 1. The standard InChI is InChI=1S/C11H15NO3/c1-3-4-5-8(9(12)13)11(6-7-11)10(14)15-2/h1,8H,4-7H2,2H3,(H2,12,13). The minimum atomic E-state index is -0.683. The lowest BCUT2D eigenvalue weighted by Crippen LogP contribution is -2.36. The number of methoxy groups -OCH3 is 1. The summed E-state index contributed by atoms with van der Waals surface area (Å²) in [6.07, 6.45) is 7.37. The summed E-state index contributed by atoms with van der Waals surface area (Å²) in [4.78, 5) is 22.8. The molecule has 1 aliphatic rings. The maximum absolute atomic E-state index is 11.5. The Morgan fingerprint density at radius 1 is 1.60 bits per heavy atom. The molecule has 1 atom stereocenters. The van der Waals surface area contributed by atoms with Crippen molar-refractivity contribution in [1.82, 2.24) is 0 Å². The van der Waals surface area contributed by atoms with Gasteiger partial charge in [-0.25, -0.2) is 0 Å². The topological polar surface area (TPSA) is 69.4 Å². The van der Waals surface area contributed by atoms with Gasteiger partial charge in [0.1, 0.15) is 0 Å². The molecular formula is C11H15NO3. The van der Waals surface area contributed by atoms with E-state index in [-0.39, 0.29) is 5.97 Å². The number of esters is 1. The number of ether oxygens (including phenoxy) is 1. The smallest absolute Gasteiger partial charge is 0.312 e. The lowest BCUT2D eigenvalue weighted by atomic mass is 9.85. The van der Waals surface area contributed by atoms with Crippen LogP contribution in [0.15, 0.2) is 0 Å². The summed E-state index contributed by atoms with van der Waals surface area (Å²) in [6, 6.07) is 0. The first-order valence-corrected chi connectivity index (χ1v) is 4.89. The van der Waals surface area contributed by atoms with Crippen molar-refractivity contribution in [3.63, 3.8) is 0 Å². The highest BCUT2D eigenvalue weighted by Crippen LogP contribution is 2.54. The SMILES string of the molecule is C#CCCC(C(N)=O)C1(C(=O)OC)CC1. The van der Waals surface area contributed by atoms with Crippen LogP contribution < -0.4 is 5.73 Å². The van der Waals surface area contributed by atoms with Gasteiger partial charge >= 0.3 is 5.97 Å². The first-order valence-electron chi connectivity index (χ1n) is 4.89. The summed E-state index contributed by atoms with van der Waals surface area (Å²) in [5.41, 5.74) is 4.60. The zero-order chi connectivity index (χ0) is 11.5. The Morgan fingerprint density at radius 3 is 2.53 bits per heavy atom. The molecule has 2 N–H and O–H groups in total. The van der Waals surface area contributed by atoms with E-state index in [1.165, 1.54) is 7.11 Å². The summed E-state index contributed by atoms with van der Waals surface area (Å²) >= 11 is 0. The molecule has 1 unspecified atom stereocenters. The number of rotatable bonds is 5. The van der Waals surface area contributed by atoms with E-state index in [1.54, 1.807) is 0 Å². The second-order valence-corrected chi connectivity index (χ2v) is 3.85. The maximum Gasteiger partial charge on any atom is 0.312 e. The van der Waals surface area contributed by atoms with Gasteiger partial charge in [-0.1, -0.05) is 0 Å². The number of terminal acetylenes is 1. The molecule has 0 heterocycles. The molecule has 1 rings (SSSR count). The highest BCUT2D eigenvalue weighted by molar-refractivity contribution is 5.89. The number of nitrogens with two attached hydrogens (primary N) is 1. The quantitative estimate of drug-likeness (QED) is 0.528. The largest absolute Gasteiger partial charge is 0.469 e. The third kappa shape index (κ3) is 2.12. The first kappa shape index (κ1) is 11.6. The van der Waals surface area contributed by atoms with E-state index in [4.69, 9.17) is 16.9 Å². The van der Waals surface area contributed by atoms with E-state index in [0.29, 0.717) is 25.7 Å². The van der Waals surface area contributed by atoms with Crippen molar-refractivity contribution >= 4 is 11.9 Å². The molecule has 1 amide bonds. The predicted molar refractivity (Wildman–Crippen MR) is 54.4 cm³/mol. The summed E-state index contributed by atoms with van der Waals surface area (Å²) in [5, 5.41) is 0. The third-order valence-corrected chi connectivity index (χ3v) is 2.97. The summed E-state index contributed by atoms with van der Waals surface area (Å²) in [7, 11) is 1.32. The number of carbonyl (C=O) groups excluding carboxylic acids is 2. The highest BCUT2D eigenvalue weighted by atomic mass is 16.5. The van der Waals surface area contributed by atoms with Crippen molar-refractivity contribution in [3.05, 3.63) is 0 Å². The Bertz CT molecular complexity index is 312. The van der Waals surface area contributed by atoms with Crippen LogP contribution in [0.25, 0.3) is 0 Å². The van der Waals surface area contributed by atoms with Crippen LogP contribution >= 0.6 is 0 Å². The lowest BCUT2D eigenvalue weighted by Gasteiger charge is -2.20. The van der Waals surface area contributed by atoms with Crippen molar-refractivity contribution in [2.45, 2.75) is 25.7 Å². The van der Waals surface area contributed by atoms with Gasteiger partial charge in [-0.2, -0.15) is 0 Å². The number of hydrogen-bond acceptors (Lipinski definition) is 3. The van der Waals surface area contributed by atoms with Crippen molar-refractivity contribution in [1.29, 1.82) is 0 Å². The van der Waals surface area contributed by atoms with Gasteiger partial charge in [-0.3, -0.25) is 9.59 Å². The predicted octanol–water partition coefficient (Wildman–Crippen LogP) is 0.454. The Labute approximate surface area is 89.2 Å². The zero-order valence-electron chi connectivity index (χ0n) is 8.79. The molecule has 0 spiro atoms. The van der Waals surface area contributed by atoms with Gasteiger partial charge in [0.15, 0.2) is 0 Å². The Balaban J connectivity index is 2.76. The summed E-state index contributed by atoms with van der Waals surface area (Å²) < 4.78 is 4.69. The molecule has 1 saturated carbocycles. The molecule has 0 aliphatic heterocycles. The molecule has 1 aliphatic carbocycles. The lowest BCUT2D eigenvalue weighted by molar-refractivity contribution is -0.152. The molecule has 82 valence electrons. The number of amides is 1. The van der Waals surface area contributed by atoms with Crippen LogP contribution in [0.1, 0.15) is 25.7 Å². The molecule has 0 radical (unpaired) electrons. The fourth-order valence-corrected chi connectivity index (χ4v) is 1.95. The molecule has 4 nitrogen and oxygen atoms in total. The molecular weight excluding hydrogens is 194 g/mol. The van der Waals surface area contributed by atoms with Gasteiger partial charge in [-0.15, -0.1) is 12.3 Å². The number of carbonyl (C=O) groups is 2. The number of primary amides is 1. The van der Waals surface area contributed by atoms with E-state index in [9.17, 15) is 9.59 Å². The highest BCUT2D eigenvalue weighted by Gasteiger charge is 2.58. The van der Waals surface area contributed by atoms with Gasteiger partial charge < -0.3 is 10.5 Å². The molecule has 0 aromatic rings. The molecule has 1 fully saturated rings. The normalized spacial score (nSPS) is 18.7. The summed E-state index contributed by atoms with van der Waals surface area (Å²) in [6.45, 7) is 0. The van der Waals surface area contributed by atoms with Crippen molar-refractivity contribution < 1.29 is 14.3 Å². The third-order valence-electron chi connectivity index (χ3n) is 2.97. The van der Waals surface area contributed by atoms with Crippen LogP contribution in [0.4, 0.5) is 0 Å². The maximum atomic E-state index is 11.5. The van der Waals surface area contributed by atoms with Crippen LogP contribution in [0.2, 0.25) is 0 Å². The van der Waals surface area contributed by atoms with Gasteiger partial charge in [0, 0.05) is 6.42 Å². The Morgan fingerprint density at radius 2 is 2.20 bits per heavy atom. The van der Waals surface area contributed by atoms with E-state index in [0.717, 1.165) is 0 Å². The second kappa shape index (κ2) is 4.35. The van der Waals surface area contributed by atoms with Gasteiger partial charge in [-0.05, 0) is 19.3 Å². The van der Waals surface area contributed by atoms with Gasteiger partial charge in [0.05, 0.1) is 18.4 Å². The van der Waals surface area contributed by atoms with E-state index >= 15 is 0 Å². The average molecular weight is 209 g/mol. The van der Waals surface area contributed by atoms with Gasteiger partial charge in [0.2, 0.25) is 5.91 Å². The van der Waals surface area contributed by atoms with E-state index < -0.39 is 17.2 Å². The van der Waals surface area contributed by atoms with Crippen molar-refractivity contribution in [3.8, 4) is 12.3 Å². The summed E-state index contributed by atoms with van der Waals surface area (Å²) in [5.74, 6) is 1.16. The molecule has 15 heavy (non-hydrogen) atoms. The van der Waals surface area contributed by atoms with Crippen LogP contribution in [-0.4, -0.2) is 19.0 Å². The minimum absolute atomic E-state index is 0.344. The molecule has 0 aromatic heterocycles. The molecule has 4 heteroatoms. The molecule has 0 bridgehead atoms. The monoisotopic (exact) mass is 209 g/mol. The van der Waals surface area contributed by atoms with Crippen molar-refractivity contribution in [2.75, 3.05) is 7.11 Å². The van der Waals surface area contributed by atoms with Crippen LogP contribution in [0.3, 0.4) is 0 Å². The average Bonchev–Trinajstić information content (AvgIpc) is 2.98. The van der Waals surface area contributed by atoms with Gasteiger partial charge in [0.25, 0.3) is 0 Å². The second-order valence-electron chi connectivity index (χ2n) is 3.85. The van der Waals surface area contributed by atoms with Crippen LogP contribution in [0.5, 0.6) is 0 Å². The van der Waals surface area contributed by atoms with Crippen molar-refractivity contribution in [2.24, 2.45) is 17.1 Å². The minimum Gasteiger partial charge on any atom is -0.469 e. The zero-order valence-corrected chi connectivity index (χ0v) is 8.79. The first-order chi connectivity index (χ1) is 7.08. The Kier molecular flexibility index (Phi) is 3.35. The van der Waals surface area contributed by atoms with E-state index in [1.807, 2.05) is 0 Å². The fourth-order valence-electron chi connectivity index (χ4n) is 1.95. The molecule has 0 aromatic carbocycles. The van der Waals surface area contributed by atoms with Crippen LogP contribution in [0, 0.1) is 23.7 Å².